The SMILES string of the molecule is COc1ccc(Cn2cnc(C3(c4ccc5nc(Cl)cc(N)c5n4)CC3C(N)=O)c2)cc1. The molecular weight excluding hydrogens is 428 g/mol. The van der Waals surface area contributed by atoms with Gasteiger partial charge >= 0.3 is 0 Å². The highest BCUT2D eigenvalue weighted by Gasteiger charge is 2.62. The summed E-state index contributed by atoms with van der Waals surface area (Å²) in [4.78, 5) is 25.8. The van der Waals surface area contributed by atoms with Gasteiger partial charge in [0.25, 0.3) is 0 Å². The number of nitrogens with zero attached hydrogens (tertiary/aromatic N) is 4. The molecule has 0 bridgehead atoms. The first-order valence-corrected chi connectivity index (χ1v) is 10.5. The molecule has 1 amide bonds. The Labute approximate surface area is 189 Å². The molecule has 2 atom stereocenters. The maximum absolute atomic E-state index is 12.2. The number of halogens is 1. The van der Waals surface area contributed by atoms with Crippen molar-refractivity contribution in [3.05, 3.63) is 77.1 Å². The summed E-state index contributed by atoms with van der Waals surface area (Å²) >= 11 is 6.01. The number of hydrogen-bond donors (Lipinski definition) is 2. The molecule has 5 rings (SSSR count). The lowest BCUT2D eigenvalue weighted by Crippen LogP contribution is -2.23. The van der Waals surface area contributed by atoms with E-state index in [-0.39, 0.29) is 5.91 Å². The maximum Gasteiger partial charge on any atom is 0.221 e. The van der Waals surface area contributed by atoms with Crippen molar-refractivity contribution in [2.75, 3.05) is 12.8 Å². The zero-order valence-electron chi connectivity index (χ0n) is 17.3. The van der Waals surface area contributed by atoms with Gasteiger partial charge in [-0.2, -0.15) is 0 Å². The molecule has 0 spiro atoms. The van der Waals surface area contributed by atoms with Gasteiger partial charge in [0.1, 0.15) is 16.4 Å². The number of anilines is 1. The molecule has 3 aromatic heterocycles. The molecule has 0 radical (unpaired) electrons. The van der Waals surface area contributed by atoms with E-state index in [0.29, 0.717) is 40.5 Å². The fourth-order valence-electron chi connectivity index (χ4n) is 4.27. The normalized spacial score (nSPS) is 19.8. The van der Waals surface area contributed by atoms with Crippen LogP contribution in [-0.2, 0) is 16.8 Å². The summed E-state index contributed by atoms with van der Waals surface area (Å²) in [7, 11) is 1.64. The number of imidazole rings is 1. The van der Waals surface area contributed by atoms with Crippen LogP contribution in [0.2, 0.25) is 5.15 Å². The molecule has 162 valence electrons. The van der Waals surface area contributed by atoms with Gasteiger partial charge in [-0.3, -0.25) is 4.79 Å². The number of carbonyl (C=O) groups is 1. The molecule has 4 aromatic rings. The third kappa shape index (κ3) is 3.33. The van der Waals surface area contributed by atoms with Crippen molar-refractivity contribution < 1.29 is 9.53 Å². The number of nitrogens with two attached hydrogens (primary N) is 2. The number of ether oxygens (including phenoxy) is 1. The van der Waals surface area contributed by atoms with Gasteiger partial charge in [-0.15, -0.1) is 0 Å². The Hall–Kier alpha value is -3.65. The van der Waals surface area contributed by atoms with Crippen LogP contribution in [0.15, 0.2) is 55.0 Å². The number of carbonyl (C=O) groups excluding carboxylic acids is 1. The van der Waals surface area contributed by atoms with Crippen LogP contribution in [-0.4, -0.2) is 32.5 Å². The van der Waals surface area contributed by atoms with Crippen LogP contribution < -0.4 is 16.2 Å². The predicted octanol–water partition coefficient (Wildman–Crippen LogP) is 2.91. The minimum absolute atomic E-state index is 0.304. The highest BCUT2D eigenvalue weighted by Crippen LogP contribution is 2.57. The maximum atomic E-state index is 12.2. The highest BCUT2D eigenvalue weighted by molar-refractivity contribution is 6.30. The molecule has 1 fully saturated rings. The quantitative estimate of drug-likeness (QED) is 0.437. The second-order valence-corrected chi connectivity index (χ2v) is 8.40. The lowest BCUT2D eigenvalue weighted by Gasteiger charge is -2.15. The van der Waals surface area contributed by atoms with Crippen LogP contribution >= 0.6 is 11.6 Å². The van der Waals surface area contributed by atoms with Crippen molar-refractivity contribution in [2.45, 2.75) is 18.4 Å². The van der Waals surface area contributed by atoms with Gasteiger partial charge in [0.15, 0.2) is 0 Å². The lowest BCUT2D eigenvalue weighted by atomic mass is 9.94. The average molecular weight is 449 g/mol. The summed E-state index contributed by atoms with van der Waals surface area (Å²) < 4.78 is 7.19. The molecule has 1 aliphatic carbocycles. The molecular formula is C23H21ClN6O2. The summed E-state index contributed by atoms with van der Waals surface area (Å²) in [5.41, 5.74) is 15.3. The molecule has 8 nitrogen and oxygen atoms in total. The van der Waals surface area contributed by atoms with Crippen molar-refractivity contribution in [3.8, 4) is 5.75 Å². The number of nitrogen functional groups attached to an aromatic ring is 1. The van der Waals surface area contributed by atoms with E-state index in [0.717, 1.165) is 17.0 Å². The number of hydrogen-bond acceptors (Lipinski definition) is 6. The Kier molecular flexibility index (Phi) is 4.74. The first-order valence-electron chi connectivity index (χ1n) is 10.1. The second-order valence-electron chi connectivity index (χ2n) is 8.01. The summed E-state index contributed by atoms with van der Waals surface area (Å²) in [6.07, 6.45) is 4.25. The van der Waals surface area contributed by atoms with E-state index in [2.05, 4.69) is 9.97 Å². The van der Waals surface area contributed by atoms with E-state index in [1.165, 1.54) is 0 Å². The van der Waals surface area contributed by atoms with Crippen molar-refractivity contribution >= 4 is 34.2 Å². The molecule has 2 unspecified atom stereocenters. The van der Waals surface area contributed by atoms with Crippen molar-refractivity contribution in [1.82, 2.24) is 19.5 Å². The zero-order valence-corrected chi connectivity index (χ0v) is 18.1. The van der Waals surface area contributed by atoms with Crippen molar-refractivity contribution in [2.24, 2.45) is 11.7 Å². The van der Waals surface area contributed by atoms with Crippen LogP contribution in [0, 0.1) is 5.92 Å². The molecule has 32 heavy (non-hydrogen) atoms. The summed E-state index contributed by atoms with van der Waals surface area (Å²) in [5, 5.41) is 0.304. The minimum atomic E-state index is -0.683. The highest BCUT2D eigenvalue weighted by atomic mass is 35.5. The summed E-state index contributed by atoms with van der Waals surface area (Å²) in [6, 6.07) is 13.1. The second kappa shape index (κ2) is 7.49. The topological polar surface area (TPSA) is 122 Å². The number of methoxy groups -OCH3 is 1. The smallest absolute Gasteiger partial charge is 0.221 e. The Morgan fingerprint density at radius 1 is 1.22 bits per heavy atom. The molecule has 1 aromatic carbocycles. The van der Waals surface area contributed by atoms with Gasteiger partial charge in [-0.05, 0) is 36.2 Å². The Bertz CT molecular complexity index is 1340. The molecule has 1 saturated carbocycles. The monoisotopic (exact) mass is 448 g/mol. The predicted molar refractivity (Wildman–Crippen MR) is 121 cm³/mol. The number of pyridine rings is 2. The van der Waals surface area contributed by atoms with Crippen LogP contribution in [0.4, 0.5) is 5.69 Å². The van der Waals surface area contributed by atoms with Crippen LogP contribution in [0.1, 0.15) is 23.4 Å². The molecule has 1 aliphatic rings. The van der Waals surface area contributed by atoms with Crippen LogP contribution in [0.3, 0.4) is 0 Å². The van der Waals surface area contributed by atoms with E-state index < -0.39 is 11.3 Å². The Morgan fingerprint density at radius 2 is 2.00 bits per heavy atom. The summed E-state index contributed by atoms with van der Waals surface area (Å²) in [5.74, 6) is 0.0378. The third-order valence-electron chi connectivity index (χ3n) is 6.03. The zero-order chi connectivity index (χ0) is 22.5. The van der Waals surface area contributed by atoms with E-state index in [1.54, 1.807) is 19.5 Å². The lowest BCUT2D eigenvalue weighted by molar-refractivity contribution is -0.119. The van der Waals surface area contributed by atoms with Gasteiger partial charge in [-0.25, -0.2) is 15.0 Å². The van der Waals surface area contributed by atoms with E-state index in [9.17, 15) is 4.79 Å². The van der Waals surface area contributed by atoms with Gasteiger partial charge in [0.2, 0.25) is 5.91 Å². The van der Waals surface area contributed by atoms with Gasteiger partial charge in [-0.1, -0.05) is 23.7 Å². The fourth-order valence-corrected chi connectivity index (χ4v) is 4.48. The van der Waals surface area contributed by atoms with Crippen LogP contribution in [0.25, 0.3) is 11.0 Å². The van der Waals surface area contributed by atoms with Gasteiger partial charge in [0.05, 0.1) is 47.4 Å². The molecule has 0 saturated heterocycles. The van der Waals surface area contributed by atoms with Gasteiger partial charge < -0.3 is 20.8 Å². The molecule has 3 heterocycles. The number of amides is 1. The third-order valence-corrected chi connectivity index (χ3v) is 6.22. The van der Waals surface area contributed by atoms with E-state index >= 15 is 0 Å². The number of aromatic nitrogens is 4. The largest absolute Gasteiger partial charge is 0.497 e. The fraction of sp³-hybridized carbons (Fsp3) is 0.217. The van der Waals surface area contributed by atoms with Crippen molar-refractivity contribution in [3.63, 3.8) is 0 Å². The Balaban J connectivity index is 1.52. The minimum Gasteiger partial charge on any atom is -0.497 e. The molecule has 4 N–H and O–H groups in total. The first kappa shape index (κ1) is 20.3. The average Bonchev–Trinajstić information content (AvgIpc) is 3.38. The Morgan fingerprint density at radius 3 is 2.69 bits per heavy atom. The molecule has 0 aliphatic heterocycles. The number of fused-ring (bicyclic) bond motifs is 1. The number of rotatable bonds is 6. The van der Waals surface area contributed by atoms with Crippen molar-refractivity contribution in [1.29, 1.82) is 0 Å². The number of benzene rings is 1. The molecule has 9 heteroatoms. The standard InChI is InChI=1S/C23H21ClN6O2/c1-32-14-4-2-13(3-5-14)10-30-11-19(27-12-30)23(9-15(23)22(26)31)18-7-6-17-21(29-18)16(25)8-20(24)28-17/h2-8,11-12,15H,9-10H2,1H3,(H2,25,28)(H2,26,31). The number of primary amides is 1. The van der Waals surface area contributed by atoms with Gasteiger partial charge in [0, 0.05) is 18.8 Å². The van der Waals surface area contributed by atoms with E-state index in [1.807, 2.05) is 47.2 Å². The summed E-state index contributed by atoms with van der Waals surface area (Å²) in [6.45, 7) is 0.634. The van der Waals surface area contributed by atoms with Crippen LogP contribution in [0.5, 0.6) is 5.75 Å². The van der Waals surface area contributed by atoms with E-state index in [4.69, 9.17) is 32.8 Å². The first-order chi connectivity index (χ1) is 15.4.